The Morgan fingerprint density at radius 1 is 0.867 bits per heavy atom. The third-order valence-corrected chi connectivity index (χ3v) is 16.3. The van der Waals surface area contributed by atoms with Gasteiger partial charge < -0.3 is 41.5 Å². The maximum absolute atomic E-state index is 14.3. The van der Waals surface area contributed by atoms with E-state index in [-0.39, 0.29) is 41.9 Å². The van der Waals surface area contributed by atoms with Crippen LogP contribution >= 0.6 is 23.1 Å². The van der Waals surface area contributed by atoms with Crippen LogP contribution in [0.25, 0.3) is 10.4 Å². The molecule has 3 aliphatic rings. The van der Waals surface area contributed by atoms with Gasteiger partial charge in [0.05, 0.1) is 46.2 Å². The average molecular weight is 1060 g/mol. The zero-order valence-electron chi connectivity index (χ0n) is 44.1. The lowest BCUT2D eigenvalue weighted by Gasteiger charge is -2.37. The third-order valence-electron chi connectivity index (χ3n) is 14.4. The van der Waals surface area contributed by atoms with Crippen molar-refractivity contribution >= 4 is 64.2 Å². The fourth-order valence-electron chi connectivity index (χ4n) is 9.73. The van der Waals surface area contributed by atoms with Gasteiger partial charge in [-0.3, -0.25) is 24.1 Å². The number of unbranched alkanes of at least 4 members (excludes halogenated alkanes) is 3. The molecule has 3 aliphatic heterocycles. The number of β-amino-alcohol motifs (C(OH)–C–C–N with tert-alkyl or cyclic N) is 1. The molecule has 0 aliphatic carbocycles. The fraction of sp³-hybridized carbons (Fsp3) is 0.509. The second kappa shape index (κ2) is 24.7. The summed E-state index contributed by atoms with van der Waals surface area (Å²) in [6.07, 6.45) is 12.0. The Bertz CT molecular complexity index is 2720. The van der Waals surface area contributed by atoms with Gasteiger partial charge in [-0.2, -0.15) is 0 Å². The SMILES string of the molecule is Cc1ncsc1-c1ccc([C@H](C)NC(=O)[C@@H]2C[C@@H](O)CN2C(=O)[C@@H](NC(=O)c2cnc(N3CCN(CCCCCCC(=O)Nc4cccc(Sc5cnc(N6CCC(C)(N)CC6)cn5)c4)CC3)nc2)C(C)(C)C)cc1. The third kappa shape index (κ3) is 14.9. The zero-order chi connectivity index (χ0) is 53.3. The van der Waals surface area contributed by atoms with Crippen LogP contribution in [0.2, 0.25) is 0 Å². The minimum absolute atomic E-state index is 0.00928. The predicted octanol–water partition coefficient (Wildman–Crippen LogP) is 6.86. The van der Waals surface area contributed by atoms with E-state index >= 15 is 0 Å². The van der Waals surface area contributed by atoms with E-state index in [1.54, 1.807) is 17.5 Å². The number of hydrogen-bond donors (Lipinski definition) is 5. The largest absolute Gasteiger partial charge is 0.391 e. The summed E-state index contributed by atoms with van der Waals surface area (Å²) in [5, 5.41) is 20.5. The van der Waals surface area contributed by atoms with Gasteiger partial charge in [-0.15, -0.1) is 11.3 Å². The lowest BCUT2D eigenvalue weighted by atomic mass is 9.85. The molecule has 0 saturated carbocycles. The van der Waals surface area contributed by atoms with Crippen molar-refractivity contribution in [3.8, 4) is 10.4 Å². The van der Waals surface area contributed by atoms with E-state index in [1.807, 2.05) is 94.9 Å². The van der Waals surface area contributed by atoms with Gasteiger partial charge in [0.2, 0.25) is 23.7 Å². The monoisotopic (exact) mass is 1060 g/mol. The van der Waals surface area contributed by atoms with Gasteiger partial charge in [-0.25, -0.2) is 24.9 Å². The molecule has 20 heteroatoms. The van der Waals surface area contributed by atoms with Crippen molar-refractivity contribution in [1.29, 1.82) is 0 Å². The number of piperidine rings is 1. The Morgan fingerprint density at radius 2 is 1.59 bits per heavy atom. The van der Waals surface area contributed by atoms with Crippen LogP contribution in [0, 0.1) is 12.3 Å². The molecule has 75 heavy (non-hydrogen) atoms. The highest BCUT2D eigenvalue weighted by Crippen LogP contribution is 2.32. The molecule has 3 saturated heterocycles. The molecular formula is C55H73N13O5S2. The fourth-order valence-corrected chi connectivity index (χ4v) is 11.3. The summed E-state index contributed by atoms with van der Waals surface area (Å²) in [6, 6.07) is 13.5. The van der Waals surface area contributed by atoms with E-state index in [4.69, 9.17) is 5.73 Å². The van der Waals surface area contributed by atoms with Crippen molar-refractivity contribution in [2.45, 2.75) is 133 Å². The summed E-state index contributed by atoms with van der Waals surface area (Å²) >= 11 is 3.09. The van der Waals surface area contributed by atoms with E-state index in [0.29, 0.717) is 12.4 Å². The summed E-state index contributed by atoms with van der Waals surface area (Å²) in [7, 11) is 0. The van der Waals surface area contributed by atoms with Crippen LogP contribution in [-0.4, -0.2) is 140 Å². The van der Waals surface area contributed by atoms with Gasteiger partial charge in [-0.1, -0.05) is 75.7 Å². The highest BCUT2D eigenvalue weighted by Gasteiger charge is 2.45. The number of benzene rings is 2. The second-order valence-electron chi connectivity index (χ2n) is 21.6. The van der Waals surface area contributed by atoms with Gasteiger partial charge in [0, 0.05) is 87.2 Å². The molecule has 0 radical (unpaired) electrons. The number of aliphatic hydroxyl groups excluding tert-OH is 1. The number of carbonyl (C=O) groups excluding carboxylic acids is 4. The predicted molar refractivity (Wildman–Crippen MR) is 295 cm³/mol. The summed E-state index contributed by atoms with van der Waals surface area (Å²) in [4.78, 5) is 87.5. The highest BCUT2D eigenvalue weighted by molar-refractivity contribution is 7.99. The molecule has 4 amide bonds. The molecule has 0 spiro atoms. The molecule has 2 aromatic carbocycles. The maximum atomic E-state index is 14.3. The number of anilines is 3. The minimum atomic E-state index is -1.00. The Morgan fingerprint density at radius 3 is 2.25 bits per heavy atom. The number of aromatic nitrogens is 5. The van der Waals surface area contributed by atoms with Crippen LogP contribution in [0.5, 0.6) is 0 Å². The number of thiazole rings is 1. The Kier molecular flexibility index (Phi) is 18.2. The van der Waals surface area contributed by atoms with Crippen molar-refractivity contribution in [1.82, 2.24) is 45.4 Å². The number of piperazine rings is 1. The summed E-state index contributed by atoms with van der Waals surface area (Å²) in [5.41, 5.74) is 11.2. The first-order valence-electron chi connectivity index (χ1n) is 26.2. The van der Waals surface area contributed by atoms with E-state index in [1.165, 1.54) is 29.1 Å². The number of carbonyl (C=O) groups is 4. The smallest absolute Gasteiger partial charge is 0.255 e. The van der Waals surface area contributed by atoms with Crippen LogP contribution in [0.3, 0.4) is 0 Å². The second-order valence-corrected chi connectivity index (χ2v) is 23.5. The van der Waals surface area contributed by atoms with Crippen molar-refractivity contribution in [3.63, 3.8) is 0 Å². The standard InChI is InChI=1S/C55H73N13O5S2/c1-36(38-15-17-39(18-16-38)48-37(2)61-35-74-48)62-51(72)44-29-42(69)34-68(44)52(73)49(54(3,4)5)64-50(71)40-30-59-53(60-31-40)67-26-24-65(25-27-67)21-10-8-7-9-14-46(70)63-41-12-11-13-43(28-41)75-47-33-57-45(32-58-47)66-22-19-55(6,56)20-23-66/h11-13,15-18,28,30-33,35-36,42,44,49,69H,7-10,14,19-27,29,34,56H2,1-6H3,(H,62,72)(H,63,70)(H,64,71)/t36-,42+,44-,49+/m0/s1. The number of nitrogens with two attached hydrogens (primary N) is 1. The number of hydrogen-bond acceptors (Lipinski definition) is 16. The first kappa shape index (κ1) is 55.2. The van der Waals surface area contributed by atoms with Crippen molar-refractivity contribution < 1.29 is 24.3 Å². The van der Waals surface area contributed by atoms with Crippen molar-refractivity contribution in [3.05, 3.63) is 95.6 Å². The topological polar surface area (TPSA) is 228 Å². The van der Waals surface area contributed by atoms with E-state index in [0.717, 1.165) is 127 Å². The Labute approximate surface area is 449 Å². The van der Waals surface area contributed by atoms with E-state index in [9.17, 15) is 24.3 Å². The average Bonchev–Trinajstić information content (AvgIpc) is 4.02. The molecule has 3 fully saturated rings. The molecule has 4 atom stereocenters. The van der Waals surface area contributed by atoms with Crippen LogP contribution in [-0.2, 0) is 14.4 Å². The molecule has 3 aromatic heterocycles. The number of aryl methyl sites for hydroxylation is 1. The first-order valence-corrected chi connectivity index (χ1v) is 27.9. The molecular weight excluding hydrogens is 987 g/mol. The first-order chi connectivity index (χ1) is 35.9. The maximum Gasteiger partial charge on any atom is 0.255 e. The summed E-state index contributed by atoms with van der Waals surface area (Å²) in [5.74, 6) is 0.0928. The van der Waals surface area contributed by atoms with Gasteiger partial charge >= 0.3 is 0 Å². The van der Waals surface area contributed by atoms with E-state index < -0.39 is 35.4 Å². The number of nitrogens with one attached hydrogen (secondary N) is 3. The molecule has 6 heterocycles. The number of likely N-dealkylation sites (tertiary alicyclic amines) is 1. The molecule has 400 valence electrons. The van der Waals surface area contributed by atoms with E-state index in [2.05, 4.69) is 62.5 Å². The number of aliphatic hydroxyl groups is 1. The number of amides is 4. The Balaban J connectivity index is 0.725. The summed E-state index contributed by atoms with van der Waals surface area (Å²) in [6.45, 7) is 17.4. The van der Waals surface area contributed by atoms with Gasteiger partial charge in [0.15, 0.2) is 0 Å². The zero-order valence-corrected chi connectivity index (χ0v) is 45.8. The van der Waals surface area contributed by atoms with Crippen LogP contribution in [0.15, 0.2) is 88.8 Å². The highest BCUT2D eigenvalue weighted by atomic mass is 32.2. The molecule has 0 unspecified atom stereocenters. The van der Waals surface area contributed by atoms with Gasteiger partial charge in [0.25, 0.3) is 5.91 Å². The van der Waals surface area contributed by atoms with Gasteiger partial charge in [-0.05, 0) is 87.7 Å². The van der Waals surface area contributed by atoms with Crippen molar-refractivity contribution in [2.24, 2.45) is 11.1 Å². The quantitative estimate of drug-likeness (QED) is 0.0532. The number of nitrogens with zero attached hydrogens (tertiary/aromatic N) is 9. The van der Waals surface area contributed by atoms with Crippen LogP contribution < -0.4 is 31.5 Å². The lowest BCUT2D eigenvalue weighted by molar-refractivity contribution is -0.142. The summed E-state index contributed by atoms with van der Waals surface area (Å²) < 4.78 is 0. The van der Waals surface area contributed by atoms with Crippen LogP contribution in [0.1, 0.15) is 114 Å². The molecule has 5 aromatic rings. The van der Waals surface area contributed by atoms with Crippen molar-refractivity contribution in [2.75, 3.05) is 67.5 Å². The normalized spacial score (nSPS) is 18.9. The lowest BCUT2D eigenvalue weighted by Crippen LogP contribution is -2.57. The van der Waals surface area contributed by atoms with Crippen LogP contribution in [0.4, 0.5) is 17.5 Å². The molecule has 0 bridgehead atoms. The molecule has 6 N–H and O–H groups in total. The molecule has 8 rings (SSSR count). The Hall–Kier alpha value is -6.06. The minimum Gasteiger partial charge on any atom is -0.391 e. The van der Waals surface area contributed by atoms with Gasteiger partial charge in [0.1, 0.15) is 22.9 Å². The number of rotatable bonds is 19. The molecule has 18 nitrogen and oxygen atoms in total.